The zero-order chi connectivity index (χ0) is 17.6. The lowest BCUT2D eigenvalue weighted by atomic mass is 9.94. The average molecular weight is 353 g/mol. The topological polar surface area (TPSA) is 59.2 Å². The maximum Gasteiger partial charge on any atom is 0.266 e. The van der Waals surface area contributed by atoms with Crippen molar-refractivity contribution in [1.82, 2.24) is 9.88 Å². The molecule has 0 bridgehead atoms. The van der Waals surface area contributed by atoms with E-state index in [1.165, 1.54) is 36.2 Å². The number of carbonyl (C=O) groups excluding carboxylic acids is 1. The van der Waals surface area contributed by atoms with Crippen molar-refractivity contribution in [1.29, 1.82) is 0 Å². The number of aryl methyl sites for hydroxylation is 1. The van der Waals surface area contributed by atoms with E-state index < -0.39 is 0 Å². The van der Waals surface area contributed by atoms with E-state index in [1.54, 1.807) is 0 Å². The fraction of sp³-hybridized carbons (Fsp3) is 0.400. The van der Waals surface area contributed by atoms with Crippen LogP contribution in [0.25, 0.3) is 21.1 Å². The van der Waals surface area contributed by atoms with Gasteiger partial charge < -0.3 is 10.6 Å². The van der Waals surface area contributed by atoms with Crippen LogP contribution in [0.1, 0.15) is 47.3 Å². The van der Waals surface area contributed by atoms with Crippen LogP contribution in [0.4, 0.5) is 5.69 Å². The highest BCUT2D eigenvalue weighted by molar-refractivity contribution is 7.21. The molecule has 25 heavy (non-hydrogen) atoms. The van der Waals surface area contributed by atoms with Crippen LogP contribution in [0.5, 0.6) is 0 Å². The molecule has 1 fully saturated rings. The molecule has 2 heterocycles. The lowest BCUT2D eigenvalue weighted by molar-refractivity contribution is 0.0702. The Kier molecular flexibility index (Phi) is 4.12. The Labute approximate surface area is 151 Å². The summed E-state index contributed by atoms with van der Waals surface area (Å²) in [5, 5.41) is 1.96. The van der Waals surface area contributed by atoms with Crippen molar-refractivity contribution in [2.24, 2.45) is 0 Å². The Hall–Kier alpha value is -2.14. The number of carbonyl (C=O) groups is 1. The van der Waals surface area contributed by atoms with Crippen LogP contribution < -0.4 is 5.73 Å². The summed E-state index contributed by atoms with van der Waals surface area (Å²) in [5.41, 5.74) is 9.07. The molecule has 0 radical (unpaired) electrons. The van der Waals surface area contributed by atoms with Crippen molar-refractivity contribution in [3.8, 4) is 0 Å². The van der Waals surface area contributed by atoms with Crippen LogP contribution in [-0.2, 0) is 0 Å². The van der Waals surface area contributed by atoms with Crippen LogP contribution in [0, 0.1) is 6.92 Å². The first-order valence-electron chi connectivity index (χ1n) is 8.91. The lowest BCUT2D eigenvalue weighted by Gasteiger charge is -2.31. The molecule has 1 amide bonds. The minimum Gasteiger partial charge on any atom is -0.397 e. The summed E-state index contributed by atoms with van der Waals surface area (Å²) in [7, 11) is 1.91. The molecule has 1 saturated carbocycles. The molecule has 1 aromatic carbocycles. The number of rotatable bonds is 2. The zero-order valence-electron chi connectivity index (χ0n) is 14.7. The summed E-state index contributed by atoms with van der Waals surface area (Å²) >= 11 is 1.42. The number of aromatic nitrogens is 1. The summed E-state index contributed by atoms with van der Waals surface area (Å²) in [5.74, 6) is 0.0348. The van der Waals surface area contributed by atoms with Crippen LogP contribution in [0.2, 0.25) is 0 Å². The standard InChI is InChI=1S/C20H23N3OS/c1-12-8-9-16-13(10-12)11-15-17(21)18(25-19(15)22-16)20(24)23(2)14-6-4-3-5-7-14/h8-11,14H,3-7,21H2,1-2H3. The Morgan fingerprint density at radius 2 is 2.00 bits per heavy atom. The number of amides is 1. The van der Waals surface area contributed by atoms with Gasteiger partial charge in [0.15, 0.2) is 0 Å². The van der Waals surface area contributed by atoms with Gasteiger partial charge in [-0.25, -0.2) is 4.98 Å². The van der Waals surface area contributed by atoms with E-state index in [0.29, 0.717) is 16.6 Å². The van der Waals surface area contributed by atoms with E-state index in [4.69, 9.17) is 10.7 Å². The fourth-order valence-electron chi connectivity index (χ4n) is 3.78. The van der Waals surface area contributed by atoms with Crippen LogP contribution >= 0.6 is 11.3 Å². The zero-order valence-corrected chi connectivity index (χ0v) is 15.5. The second-order valence-electron chi connectivity index (χ2n) is 7.09. The third-order valence-corrected chi connectivity index (χ3v) is 6.41. The molecular weight excluding hydrogens is 330 g/mol. The van der Waals surface area contributed by atoms with Gasteiger partial charge in [-0.05, 0) is 38.0 Å². The van der Waals surface area contributed by atoms with Gasteiger partial charge in [-0.15, -0.1) is 11.3 Å². The number of hydrogen-bond acceptors (Lipinski definition) is 4. The number of pyridine rings is 1. The number of nitrogens with two attached hydrogens (primary N) is 1. The molecule has 2 N–H and O–H groups in total. The predicted molar refractivity (Wildman–Crippen MR) is 105 cm³/mol. The Morgan fingerprint density at radius 1 is 1.24 bits per heavy atom. The van der Waals surface area contributed by atoms with Crippen molar-refractivity contribution < 1.29 is 4.79 Å². The smallest absolute Gasteiger partial charge is 0.266 e. The molecule has 2 aromatic heterocycles. The monoisotopic (exact) mass is 353 g/mol. The Bertz CT molecular complexity index is 956. The molecular formula is C20H23N3OS. The normalized spacial score (nSPS) is 15.8. The highest BCUT2D eigenvalue weighted by Crippen LogP contribution is 2.36. The first kappa shape index (κ1) is 16.3. The second kappa shape index (κ2) is 6.30. The third-order valence-electron chi connectivity index (χ3n) is 5.31. The quantitative estimate of drug-likeness (QED) is 0.723. The SMILES string of the molecule is Cc1ccc2nc3sc(C(=O)N(C)C4CCCCC4)c(N)c3cc2c1. The Balaban J connectivity index is 1.75. The average Bonchev–Trinajstić information content (AvgIpc) is 2.95. The number of nitrogens with zero attached hydrogens (tertiary/aromatic N) is 2. The number of thiophene rings is 1. The summed E-state index contributed by atoms with van der Waals surface area (Å²) in [6.07, 6.45) is 5.87. The van der Waals surface area contributed by atoms with Crippen molar-refractivity contribution in [2.45, 2.75) is 45.1 Å². The number of anilines is 1. The molecule has 4 nitrogen and oxygen atoms in total. The summed E-state index contributed by atoms with van der Waals surface area (Å²) in [6, 6.07) is 8.58. The molecule has 0 aliphatic heterocycles. The first-order chi connectivity index (χ1) is 12.0. The Morgan fingerprint density at radius 3 is 2.76 bits per heavy atom. The molecule has 1 aliphatic rings. The van der Waals surface area contributed by atoms with E-state index in [9.17, 15) is 4.79 Å². The van der Waals surface area contributed by atoms with Crippen molar-refractivity contribution >= 4 is 44.1 Å². The van der Waals surface area contributed by atoms with E-state index in [-0.39, 0.29) is 5.91 Å². The van der Waals surface area contributed by atoms with Crippen molar-refractivity contribution in [3.05, 3.63) is 34.7 Å². The molecule has 0 saturated heterocycles. The number of fused-ring (bicyclic) bond motifs is 2. The maximum absolute atomic E-state index is 13.0. The van der Waals surface area contributed by atoms with Crippen molar-refractivity contribution in [2.75, 3.05) is 12.8 Å². The van der Waals surface area contributed by atoms with Gasteiger partial charge in [0.2, 0.25) is 0 Å². The molecule has 0 atom stereocenters. The number of benzene rings is 1. The summed E-state index contributed by atoms with van der Waals surface area (Å²) < 4.78 is 0. The molecule has 4 rings (SSSR count). The van der Waals surface area contributed by atoms with Gasteiger partial charge >= 0.3 is 0 Å². The molecule has 3 aromatic rings. The molecule has 0 spiro atoms. The van der Waals surface area contributed by atoms with E-state index in [1.807, 2.05) is 18.0 Å². The van der Waals surface area contributed by atoms with Crippen LogP contribution in [0.15, 0.2) is 24.3 Å². The fourth-order valence-corrected chi connectivity index (χ4v) is 4.84. The summed E-state index contributed by atoms with van der Waals surface area (Å²) in [4.78, 5) is 21.1. The van der Waals surface area contributed by atoms with Crippen molar-refractivity contribution in [3.63, 3.8) is 0 Å². The molecule has 0 unspecified atom stereocenters. The van der Waals surface area contributed by atoms with Gasteiger partial charge in [-0.1, -0.05) is 30.9 Å². The maximum atomic E-state index is 13.0. The highest BCUT2D eigenvalue weighted by Gasteiger charge is 2.26. The van der Waals surface area contributed by atoms with Gasteiger partial charge in [-0.2, -0.15) is 0 Å². The second-order valence-corrected chi connectivity index (χ2v) is 8.09. The van der Waals surface area contributed by atoms with E-state index >= 15 is 0 Å². The van der Waals surface area contributed by atoms with E-state index in [2.05, 4.69) is 25.1 Å². The number of nitrogen functional groups attached to an aromatic ring is 1. The van der Waals surface area contributed by atoms with Crippen LogP contribution in [-0.4, -0.2) is 28.9 Å². The molecule has 130 valence electrons. The van der Waals surface area contributed by atoms with Gasteiger partial charge in [0.1, 0.15) is 9.71 Å². The first-order valence-corrected chi connectivity index (χ1v) is 9.73. The third kappa shape index (κ3) is 2.86. The predicted octanol–water partition coefficient (Wildman–Crippen LogP) is 4.74. The largest absolute Gasteiger partial charge is 0.397 e. The van der Waals surface area contributed by atoms with Crippen LogP contribution in [0.3, 0.4) is 0 Å². The summed E-state index contributed by atoms with van der Waals surface area (Å²) in [6.45, 7) is 2.06. The van der Waals surface area contributed by atoms with Gasteiger partial charge in [-0.3, -0.25) is 4.79 Å². The van der Waals surface area contributed by atoms with Gasteiger partial charge in [0.25, 0.3) is 5.91 Å². The number of hydrogen-bond donors (Lipinski definition) is 1. The van der Waals surface area contributed by atoms with Gasteiger partial charge in [0, 0.05) is 23.9 Å². The van der Waals surface area contributed by atoms with E-state index in [0.717, 1.165) is 34.0 Å². The molecule has 5 heteroatoms. The molecule has 1 aliphatic carbocycles. The lowest BCUT2D eigenvalue weighted by Crippen LogP contribution is -2.38. The highest BCUT2D eigenvalue weighted by atomic mass is 32.1. The minimum absolute atomic E-state index is 0.0348. The minimum atomic E-state index is 0.0348. The van der Waals surface area contributed by atoms with Gasteiger partial charge in [0.05, 0.1) is 11.2 Å².